The van der Waals surface area contributed by atoms with Crippen LogP contribution in [0.5, 0.6) is 0 Å². The molecule has 0 spiro atoms. The molecule has 0 bridgehead atoms. The molecule has 0 saturated carbocycles. The van der Waals surface area contributed by atoms with Gasteiger partial charge in [0, 0.05) is 19.3 Å². The average molecular weight is 293 g/mol. The molecule has 0 radical (unpaired) electrons. The first kappa shape index (κ1) is 15.4. The Bertz CT molecular complexity index is 486. The van der Waals surface area contributed by atoms with Gasteiger partial charge >= 0.3 is 0 Å². The van der Waals surface area contributed by atoms with E-state index in [-0.39, 0.29) is 28.6 Å². The second kappa shape index (κ2) is 5.97. The van der Waals surface area contributed by atoms with Gasteiger partial charge in [-0.05, 0) is 24.0 Å². The molecule has 0 aliphatic rings. The van der Waals surface area contributed by atoms with Gasteiger partial charge in [-0.2, -0.15) is 0 Å². The van der Waals surface area contributed by atoms with E-state index in [4.69, 9.17) is 16.7 Å². The van der Waals surface area contributed by atoms with Crippen molar-refractivity contribution >= 4 is 21.6 Å². The van der Waals surface area contributed by atoms with Gasteiger partial charge in [-0.1, -0.05) is 25.4 Å². The van der Waals surface area contributed by atoms with Gasteiger partial charge in [0.2, 0.25) is 10.0 Å². The van der Waals surface area contributed by atoms with E-state index in [1.807, 2.05) is 13.8 Å². The number of hydrogen-bond donors (Lipinski definition) is 2. The fraction of sp³-hybridized carbons (Fsp3) is 0.545. The largest absolute Gasteiger partial charge is 0.396 e. The lowest BCUT2D eigenvalue weighted by Gasteiger charge is -2.23. The van der Waals surface area contributed by atoms with E-state index in [2.05, 4.69) is 9.71 Å². The number of pyridine rings is 1. The Kier molecular flexibility index (Phi) is 5.10. The summed E-state index contributed by atoms with van der Waals surface area (Å²) < 4.78 is 26.4. The number of aliphatic hydroxyl groups is 1. The molecule has 0 aliphatic carbocycles. The predicted octanol–water partition coefficient (Wildman–Crippen LogP) is 1.42. The minimum Gasteiger partial charge on any atom is -0.396 e. The van der Waals surface area contributed by atoms with Gasteiger partial charge in [-0.15, -0.1) is 0 Å². The molecular weight excluding hydrogens is 276 g/mol. The molecule has 0 unspecified atom stereocenters. The van der Waals surface area contributed by atoms with Gasteiger partial charge in [0.15, 0.2) is 0 Å². The number of hydrogen-bond acceptors (Lipinski definition) is 4. The van der Waals surface area contributed by atoms with Crippen molar-refractivity contribution in [3.63, 3.8) is 0 Å². The fourth-order valence-corrected chi connectivity index (χ4v) is 2.58. The molecule has 2 N–H and O–H groups in total. The topological polar surface area (TPSA) is 79.3 Å². The molecule has 1 aromatic rings. The normalized spacial score (nSPS) is 12.7. The molecule has 0 fully saturated rings. The Labute approximate surface area is 112 Å². The third-order valence-corrected chi connectivity index (χ3v) is 4.15. The molecule has 0 saturated heterocycles. The van der Waals surface area contributed by atoms with Crippen LogP contribution in [0.25, 0.3) is 0 Å². The number of nitrogens with one attached hydrogen (secondary N) is 1. The van der Waals surface area contributed by atoms with E-state index in [0.717, 1.165) is 0 Å². The van der Waals surface area contributed by atoms with Gasteiger partial charge in [0.05, 0.1) is 0 Å². The summed E-state index contributed by atoms with van der Waals surface area (Å²) in [7, 11) is -3.58. The van der Waals surface area contributed by atoms with Crippen molar-refractivity contribution in [2.24, 2.45) is 5.41 Å². The molecule has 5 nitrogen and oxygen atoms in total. The van der Waals surface area contributed by atoms with Crippen LogP contribution in [-0.2, 0) is 10.0 Å². The third kappa shape index (κ3) is 4.53. The Balaban J connectivity index is 2.74. The molecule has 0 atom stereocenters. The third-order valence-electron chi connectivity index (χ3n) is 2.54. The summed E-state index contributed by atoms with van der Waals surface area (Å²) >= 11 is 5.60. The van der Waals surface area contributed by atoms with Crippen LogP contribution in [0.15, 0.2) is 23.2 Å². The monoisotopic (exact) mass is 292 g/mol. The first-order chi connectivity index (χ1) is 8.27. The summed E-state index contributed by atoms with van der Waals surface area (Å²) in [4.78, 5) is 3.81. The first-order valence-electron chi connectivity index (χ1n) is 5.49. The molecule has 0 amide bonds. The average Bonchev–Trinajstić information content (AvgIpc) is 2.27. The SMILES string of the molecule is CC(C)(CCO)CNS(=O)(=O)c1ccc(Cl)nc1. The molecule has 102 valence electrons. The van der Waals surface area contributed by atoms with Gasteiger partial charge in [-0.3, -0.25) is 0 Å². The van der Waals surface area contributed by atoms with E-state index in [9.17, 15) is 8.42 Å². The highest BCUT2D eigenvalue weighted by atomic mass is 35.5. The van der Waals surface area contributed by atoms with Crippen LogP contribution in [0.1, 0.15) is 20.3 Å². The van der Waals surface area contributed by atoms with Crippen molar-refractivity contribution in [1.82, 2.24) is 9.71 Å². The number of aromatic nitrogens is 1. The van der Waals surface area contributed by atoms with E-state index in [1.165, 1.54) is 18.3 Å². The highest BCUT2D eigenvalue weighted by Crippen LogP contribution is 2.19. The summed E-state index contributed by atoms with van der Waals surface area (Å²) in [5.41, 5.74) is -0.304. The lowest BCUT2D eigenvalue weighted by atomic mass is 9.90. The summed E-state index contributed by atoms with van der Waals surface area (Å²) in [5, 5.41) is 9.12. The van der Waals surface area contributed by atoms with Crippen LogP contribution >= 0.6 is 11.6 Å². The smallest absolute Gasteiger partial charge is 0.242 e. The maximum absolute atomic E-state index is 11.9. The Morgan fingerprint density at radius 1 is 1.44 bits per heavy atom. The lowest BCUT2D eigenvalue weighted by molar-refractivity contribution is 0.213. The van der Waals surface area contributed by atoms with E-state index < -0.39 is 10.0 Å². The Morgan fingerprint density at radius 3 is 2.61 bits per heavy atom. The lowest BCUT2D eigenvalue weighted by Crippen LogP contribution is -2.34. The number of halogens is 1. The van der Waals surface area contributed by atoms with Crippen LogP contribution in [0.2, 0.25) is 5.15 Å². The second-order valence-corrected chi connectivity index (χ2v) is 6.93. The maximum atomic E-state index is 11.9. The molecule has 1 heterocycles. The number of sulfonamides is 1. The van der Waals surface area contributed by atoms with Gasteiger partial charge in [0.25, 0.3) is 0 Å². The van der Waals surface area contributed by atoms with Crippen LogP contribution in [0.3, 0.4) is 0 Å². The number of nitrogens with zero attached hydrogens (tertiary/aromatic N) is 1. The minimum atomic E-state index is -3.58. The maximum Gasteiger partial charge on any atom is 0.242 e. The molecule has 1 aromatic heterocycles. The zero-order valence-corrected chi connectivity index (χ0v) is 11.9. The summed E-state index contributed by atoms with van der Waals surface area (Å²) in [6, 6.07) is 2.83. The van der Waals surface area contributed by atoms with Gasteiger partial charge in [0.1, 0.15) is 10.0 Å². The van der Waals surface area contributed by atoms with Crippen LogP contribution < -0.4 is 4.72 Å². The van der Waals surface area contributed by atoms with Crippen molar-refractivity contribution in [2.45, 2.75) is 25.2 Å². The zero-order chi connectivity index (χ0) is 13.8. The minimum absolute atomic E-state index is 0.0250. The molecule has 0 aliphatic heterocycles. The Hall–Kier alpha value is -0.690. The quantitative estimate of drug-likeness (QED) is 0.777. The van der Waals surface area contributed by atoms with Crippen molar-refractivity contribution in [2.75, 3.05) is 13.2 Å². The molecule has 18 heavy (non-hydrogen) atoms. The van der Waals surface area contributed by atoms with Crippen LogP contribution in [0, 0.1) is 5.41 Å². The van der Waals surface area contributed by atoms with Crippen molar-refractivity contribution < 1.29 is 13.5 Å². The highest BCUT2D eigenvalue weighted by Gasteiger charge is 2.22. The van der Waals surface area contributed by atoms with Crippen LogP contribution in [0.4, 0.5) is 0 Å². The summed E-state index contributed by atoms with van der Waals surface area (Å²) in [5.74, 6) is 0. The number of aliphatic hydroxyl groups excluding tert-OH is 1. The predicted molar refractivity (Wildman–Crippen MR) is 69.9 cm³/mol. The van der Waals surface area contributed by atoms with E-state index >= 15 is 0 Å². The molecule has 7 heteroatoms. The molecular formula is C11H17ClN2O3S. The summed E-state index contributed by atoms with van der Waals surface area (Å²) in [6.45, 7) is 4.04. The van der Waals surface area contributed by atoms with Crippen molar-refractivity contribution in [1.29, 1.82) is 0 Å². The zero-order valence-electron chi connectivity index (χ0n) is 10.4. The first-order valence-corrected chi connectivity index (χ1v) is 7.35. The van der Waals surface area contributed by atoms with E-state index in [0.29, 0.717) is 6.42 Å². The summed E-state index contributed by atoms with van der Waals surface area (Å²) in [6.07, 6.45) is 1.73. The second-order valence-electron chi connectivity index (χ2n) is 4.78. The number of rotatable bonds is 6. The molecule has 0 aromatic carbocycles. The van der Waals surface area contributed by atoms with Crippen molar-refractivity contribution in [3.05, 3.63) is 23.5 Å². The van der Waals surface area contributed by atoms with Crippen LogP contribution in [-0.4, -0.2) is 31.7 Å². The fourth-order valence-electron chi connectivity index (χ4n) is 1.29. The highest BCUT2D eigenvalue weighted by molar-refractivity contribution is 7.89. The van der Waals surface area contributed by atoms with Gasteiger partial charge < -0.3 is 5.11 Å². The Morgan fingerprint density at radius 2 is 2.11 bits per heavy atom. The van der Waals surface area contributed by atoms with Gasteiger partial charge in [-0.25, -0.2) is 18.1 Å². The standard InChI is InChI=1S/C11H17ClN2O3S/c1-11(2,5-6-15)8-14-18(16,17)9-3-4-10(12)13-7-9/h3-4,7,14-15H,5-6,8H2,1-2H3. The van der Waals surface area contributed by atoms with Crippen molar-refractivity contribution in [3.8, 4) is 0 Å². The molecule has 1 rings (SSSR count). The van der Waals surface area contributed by atoms with E-state index in [1.54, 1.807) is 0 Å².